The topological polar surface area (TPSA) is 45.2 Å². The van der Waals surface area contributed by atoms with Crippen LogP contribution in [-0.2, 0) is 0 Å². The molecule has 0 aliphatic heterocycles. The number of rotatable bonds is 5. The van der Waals surface area contributed by atoms with Crippen molar-refractivity contribution < 1.29 is 9.18 Å². The van der Waals surface area contributed by atoms with Crippen LogP contribution in [0.1, 0.15) is 37.6 Å². The number of anilines is 1. The van der Waals surface area contributed by atoms with E-state index < -0.39 is 5.82 Å². The van der Waals surface area contributed by atoms with E-state index in [0.717, 1.165) is 6.42 Å². The molecule has 0 aliphatic rings. The van der Waals surface area contributed by atoms with Gasteiger partial charge in [0.25, 0.3) is 5.91 Å². The summed E-state index contributed by atoms with van der Waals surface area (Å²) in [4.78, 5) is 17.7. The summed E-state index contributed by atoms with van der Waals surface area (Å²) < 4.78 is 14.0. The normalized spacial score (nSPS) is 12.4. The molecule has 0 saturated heterocycles. The van der Waals surface area contributed by atoms with Gasteiger partial charge in [-0.1, -0.05) is 13.8 Å². The van der Waals surface area contributed by atoms with Crippen molar-refractivity contribution in [3.05, 3.63) is 23.6 Å². The van der Waals surface area contributed by atoms with Gasteiger partial charge >= 0.3 is 0 Å². The largest absolute Gasteiger partial charge is 0.371 e. The number of carbonyl (C=O) groups is 1. The van der Waals surface area contributed by atoms with Crippen molar-refractivity contribution in [2.24, 2.45) is 5.92 Å². The smallest absolute Gasteiger partial charge is 0.257 e. The molecule has 1 amide bonds. The fraction of sp³-hybridized carbons (Fsp3) is 0.571. The van der Waals surface area contributed by atoms with E-state index in [0.29, 0.717) is 5.92 Å². The summed E-state index contributed by atoms with van der Waals surface area (Å²) >= 11 is 0. The lowest BCUT2D eigenvalue weighted by atomic mass is 10.0. The molecule has 0 spiro atoms. The predicted octanol–water partition coefficient (Wildman–Crippen LogP) is 2.77. The third-order valence-corrected chi connectivity index (χ3v) is 3.15. The molecule has 1 atom stereocenters. The van der Waals surface area contributed by atoms with Gasteiger partial charge in [0.2, 0.25) is 0 Å². The molecule has 1 rings (SSSR count). The first-order valence-corrected chi connectivity index (χ1v) is 6.47. The zero-order valence-corrected chi connectivity index (χ0v) is 12.2. The van der Waals surface area contributed by atoms with E-state index in [2.05, 4.69) is 24.1 Å². The lowest BCUT2D eigenvalue weighted by molar-refractivity contribution is 0.0723. The second-order valence-electron chi connectivity index (χ2n) is 5.17. The Bertz CT molecular complexity index is 448. The van der Waals surface area contributed by atoms with E-state index in [4.69, 9.17) is 0 Å². The molecule has 106 valence electrons. The molecule has 5 heteroatoms. The van der Waals surface area contributed by atoms with Crippen LogP contribution in [0.15, 0.2) is 12.3 Å². The average molecular weight is 267 g/mol. The van der Waals surface area contributed by atoms with Crippen LogP contribution in [-0.4, -0.2) is 35.9 Å². The maximum Gasteiger partial charge on any atom is 0.257 e. The summed E-state index contributed by atoms with van der Waals surface area (Å²) in [7, 11) is 3.28. The molecule has 0 fully saturated rings. The van der Waals surface area contributed by atoms with Gasteiger partial charge in [0.1, 0.15) is 0 Å². The van der Waals surface area contributed by atoms with Gasteiger partial charge < -0.3 is 10.2 Å². The van der Waals surface area contributed by atoms with E-state index in [1.54, 1.807) is 19.0 Å². The van der Waals surface area contributed by atoms with Crippen LogP contribution in [0.4, 0.5) is 10.2 Å². The van der Waals surface area contributed by atoms with Gasteiger partial charge in [-0.15, -0.1) is 0 Å². The predicted molar refractivity (Wildman–Crippen MR) is 74.8 cm³/mol. The molecular weight excluding hydrogens is 245 g/mol. The number of amides is 1. The summed E-state index contributed by atoms with van der Waals surface area (Å²) in [5.41, 5.74) is 0.0532. The van der Waals surface area contributed by atoms with Crippen LogP contribution in [0.25, 0.3) is 0 Å². The van der Waals surface area contributed by atoms with Gasteiger partial charge in [-0.2, -0.15) is 0 Å². The third kappa shape index (κ3) is 3.66. The molecule has 1 aromatic heterocycles. The van der Waals surface area contributed by atoms with E-state index in [1.807, 2.05) is 6.92 Å². The summed E-state index contributed by atoms with van der Waals surface area (Å²) in [6.45, 7) is 6.16. The number of carbonyl (C=O) groups excluding carboxylic acids is 1. The first-order valence-electron chi connectivity index (χ1n) is 6.47. The first kappa shape index (κ1) is 15.4. The fourth-order valence-electron chi connectivity index (χ4n) is 2.01. The lowest BCUT2D eigenvalue weighted by Gasteiger charge is -2.26. The number of pyridine rings is 1. The Labute approximate surface area is 114 Å². The molecule has 19 heavy (non-hydrogen) atoms. The SMILES string of the molecule is CNc1nccc(C(=O)N(C)C(C)CC(C)C)c1F. The summed E-state index contributed by atoms with van der Waals surface area (Å²) in [6, 6.07) is 1.48. The molecule has 4 nitrogen and oxygen atoms in total. The van der Waals surface area contributed by atoms with Crippen molar-refractivity contribution in [3.8, 4) is 0 Å². The zero-order chi connectivity index (χ0) is 14.6. The van der Waals surface area contributed by atoms with E-state index in [9.17, 15) is 9.18 Å². The van der Waals surface area contributed by atoms with Crippen LogP contribution < -0.4 is 5.32 Å². The molecule has 0 aromatic carbocycles. The number of nitrogens with one attached hydrogen (secondary N) is 1. The van der Waals surface area contributed by atoms with Crippen molar-refractivity contribution in [2.45, 2.75) is 33.2 Å². The molecular formula is C14H22FN3O. The Morgan fingerprint density at radius 3 is 2.63 bits per heavy atom. The number of nitrogens with zero attached hydrogens (tertiary/aromatic N) is 2. The van der Waals surface area contributed by atoms with Gasteiger partial charge in [0.15, 0.2) is 11.6 Å². The highest BCUT2D eigenvalue weighted by Gasteiger charge is 2.22. The second kappa shape index (κ2) is 6.50. The van der Waals surface area contributed by atoms with E-state index in [1.165, 1.54) is 12.3 Å². The Kier molecular flexibility index (Phi) is 5.27. The maximum atomic E-state index is 14.0. The third-order valence-electron chi connectivity index (χ3n) is 3.15. The van der Waals surface area contributed by atoms with E-state index >= 15 is 0 Å². The number of hydrogen-bond acceptors (Lipinski definition) is 3. The zero-order valence-electron chi connectivity index (χ0n) is 12.2. The summed E-state index contributed by atoms with van der Waals surface area (Å²) in [6.07, 6.45) is 2.32. The highest BCUT2D eigenvalue weighted by atomic mass is 19.1. The van der Waals surface area contributed by atoms with Crippen molar-refractivity contribution in [1.29, 1.82) is 0 Å². The summed E-state index contributed by atoms with van der Waals surface area (Å²) in [5, 5.41) is 2.63. The summed E-state index contributed by atoms with van der Waals surface area (Å²) in [5.74, 6) is -0.334. The Morgan fingerprint density at radius 2 is 2.11 bits per heavy atom. The Balaban J connectivity index is 2.94. The Morgan fingerprint density at radius 1 is 1.47 bits per heavy atom. The van der Waals surface area contributed by atoms with Gasteiger partial charge in [0, 0.05) is 26.3 Å². The average Bonchev–Trinajstić information content (AvgIpc) is 2.36. The van der Waals surface area contributed by atoms with E-state index in [-0.39, 0.29) is 23.3 Å². The van der Waals surface area contributed by atoms with Crippen LogP contribution in [0.3, 0.4) is 0 Å². The molecule has 0 bridgehead atoms. The molecule has 1 heterocycles. The first-order chi connectivity index (χ1) is 8.88. The molecule has 1 aromatic rings. The van der Waals surface area contributed by atoms with Crippen molar-refractivity contribution in [1.82, 2.24) is 9.88 Å². The monoisotopic (exact) mass is 267 g/mol. The molecule has 0 radical (unpaired) electrons. The number of hydrogen-bond donors (Lipinski definition) is 1. The van der Waals surface area contributed by atoms with Gasteiger partial charge in [-0.3, -0.25) is 4.79 Å². The van der Waals surface area contributed by atoms with Crippen molar-refractivity contribution >= 4 is 11.7 Å². The van der Waals surface area contributed by atoms with Gasteiger partial charge in [-0.25, -0.2) is 9.37 Å². The minimum Gasteiger partial charge on any atom is -0.371 e. The molecule has 1 unspecified atom stereocenters. The minimum atomic E-state index is -0.599. The fourth-order valence-corrected chi connectivity index (χ4v) is 2.01. The quantitative estimate of drug-likeness (QED) is 0.892. The van der Waals surface area contributed by atoms with Gasteiger partial charge in [-0.05, 0) is 25.3 Å². The highest BCUT2D eigenvalue weighted by molar-refractivity contribution is 5.95. The molecule has 0 saturated carbocycles. The molecule has 1 N–H and O–H groups in total. The van der Waals surface area contributed by atoms with Crippen LogP contribution >= 0.6 is 0 Å². The van der Waals surface area contributed by atoms with Crippen LogP contribution in [0.5, 0.6) is 0 Å². The molecule has 0 aliphatic carbocycles. The van der Waals surface area contributed by atoms with Gasteiger partial charge in [0.05, 0.1) is 5.56 Å². The van der Waals surface area contributed by atoms with Crippen molar-refractivity contribution in [2.75, 3.05) is 19.4 Å². The maximum absolute atomic E-state index is 14.0. The number of halogens is 1. The lowest BCUT2D eigenvalue weighted by Crippen LogP contribution is -2.36. The minimum absolute atomic E-state index is 0.0532. The number of aromatic nitrogens is 1. The highest BCUT2D eigenvalue weighted by Crippen LogP contribution is 2.18. The van der Waals surface area contributed by atoms with Crippen LogP contribution in [0.2, 0.25) is 0 Å². The van der Waals surface area contributed by atoms with Crippen LogP contribution in [0, 0.1) is 11.7 Å². The standard InChI is InChI=1S/C14H22FN3O/c1-9(2)8-10(3)18(5)14(19)11-6-7-17-13(16-4)12(11)15/h6-7,9-10H,8H2,1-5H3,(H,16,17). The van der Waals surface area contributed by atoms with Crippen molar-refractivity contribution in [3.63, 3.8) is 0 Å². The second-order valence-corrected chi connectivity index (χ2v) is 5.17. The Hall–Kier alpha value is -1.65.